The first-order valence-electron chi connectivity index (χ1n) is 12.5. The fourth-order valence-electron chi connectivity index (χ4n) is 4.52. The van der Waals surface area contributed by atoms with Crippen LogP contribution in [0.3, 0.4) is 0 Å². The number of hydrogen-bond acceptors (Lipinski definition) is 10. The van der Waals surface area contributed by atoms with Crippen molar-refractivity contribution >= 4 is 35.6 Å². The standard InChI is InChI=1S/C29H34O9S/c1-16-7-10-22(14-23(16)13-21-8-11-24(39-6)12-9-21)26-28(36-19(4)32)29(37-20(5)33)27(35-18(3)31)25(38-26)15-34-17(2)30/h7-12,14,25-29H,13,15H2,1-6H3/t25-,26+,27?,28+,29+/m1/s1. The Kier molecular flexibility index (Phi) is 10.5. The number of rotatable bonds is 9. The second-order valence-electron chi connectivity index (χ2n) is 9.33. The summed E-state index contributed by atoms with van der Waals surface area (Å²) in [6, 6.07) is 14.0. The number of hydrogen-bond donors (Lipinski definition) is 0. The Morgan fingerprint density at radius 1 is 0.795 bits per heavy atom. The van der Waals surface area contributed by atoms with Crippen LogP contribution in [0.2, 0.25) is 0 Å². The predicted octanol–water partition coefficient (Wildman–Crippen LogP) is 4.11. The van der Waals surface area contributed by atoms with Crippen molar-refractivity contribution in [2.45, 2.75) is 76.5 Å². The first-order chi connectivity index (χ1) is 18.5. The van der Waals surface area contributed by atoms with E-state index >= 15 is 0 Å². The van der Waals surface area contributed by atoms with Crippen LogP contribution >= 0.6 is 11.8 Å². The van der Waals surface area contributed by atoms with Gasteiger partial charge in [0.25, 0.3) is 0 Å². The minimum atomic E-state index is -1.21. The van der Waals surface area contributed by atoms with Crippen molar-refractivity contribution < 1.29 is 42.9 Å². The molecule has 1 fully saturated rings. The van der Waals surface area contributed by atoms with Crippen LogP contribution in [0, 0.1) is 6.92 Å². The lowest BCUT2D eigenvalue weighted by atomic mass is 9.88. The van der Waals surface area contributed by atoms with Gasteiger partial charge in [0.15, 0.2) is 18.3 Å². The third kappa shape index (κ3) is 8.31. The molecule has 1 aliphatic rings. The van der Waals surface area contributed by atoms with Crippen LogP contribution in [0.5, 0.6) is 0 Å². The summed E-state index contributed by atoms with van der Waals surface area (Å²) >= 11 is 1.67. The Morgan fingerprint density at radius 3 is 1.95 bits per heavy atom. The molecule has 9 nitrogen and oxygen atoms in total. The van der Waals surface area contributed by atoms with Crippen LogP contribution in [-0.2, 0) is 49.3 Å². The molecule has 0 spiro atoms. The third-order valence-electron chi connectivity index (χ3n) is 6.25. The van der Waals surface area contributed by atoms with Gasteiger partial charge in [-0.05, 0) is 54.0 Å². The van der Waals surface area contributed by atoms with E-state index in [2.05, 4.69) is 24.3 Å². The monoisotopic (exact) mass is 558 g/mol. The molecule has 0 saturated carbocycles. The zero-order valence-corrected chi connectivity index (χ0v) is 23.7. The lowest BCUT2D eigenvalue weighted by Gasteiger charge is -2.44. The maximum Gasteiger partial charge on any atom is 0.303 e. The molecule has 2 aromatic carbocycles. The molecule has 10 heteroatoms. The van der Waals surface area contributed by atoms with Crippen molar-refractivity contribution in [1.29, 1.82) is 0 Å². The summed E-state index contributed by atoms with van der Waals surface area (Å²) in [7, 11) is 0. The topological polar surface area (TPSA) is 114 Å². The van der Waals surface area contributed by atoms with E-state index < -0.39 is 54.4 Å². The van der Waals surface area contributed by atoms with E-state index in [1.54, 1.807) is 11.8 Å². The Hall–Kier alpha value is -3.37. The van der Waals surface area contributed by atoms with E-state index in [0.29, 0.717) is 12.0 Å². The number of esters is 4. The van der Waals surface area contributed by atoms with Gasteiger partial charge >= 0.3 is 23.9 Å². The number of benzene rings is 2. The predicted molar refractivity (Wildman–Crippen MR) is 143 cm³/mol. The maximum absolute atomic E-state index is 12.2. The molecule has 0 bridgehead atoms. The van der Waals surface area contributed by atoms with E-state index in [9.17, 15) is 19.2 Å². The van der Waals surface area contributed by atoms with Crippen LogP contribution < -0.4 is 0 Å². The Balaban J connectivity index is 2.05. The minimum absolute atomic E-state index is 0.269. The van der Waals surface area contributed by atoms with Gasteiger partial charge in [0.2, 0.25) is 0 Å². The SMILES string of the molecule is CSc1ccc(Cc2cc([C@@H]3O[C@H](COC(C)=O)C(OC(C)=O)[C@H](OC(C)=O)[C@H]3OC(C)=O)ccc2C)cc1. The maximum atomic E-state index is 12.2. The molecule has 1 aliphatic heterocycles. The Bertz CT molecular complexity index is 1190. The number of carbonyl (C=O) groups is 4. The minimum Gasteiger partial charge on any atom is -0.463 e. The largest absolute Gasteiger partial charge is 0.463 e. The molecule has 0 N–H and O–H groups in total. The summed E-state index contributed by atoms with van der Waals surface area (Å²) in [5, 5.41) is 0. The van der Waals surface area contributed by atoms with Gasteiger partial charge in [-0.15, -0.1) is 11.8 Å². The average Bonchev–Trinajstić information content (AvgIpc) is 2.86. The van der Waals surface area contributed by atoms with Crippen molar-refractivity contribution in [2.24, 2.45) is 0 Å². The van der Waals surface area contributed by atoms with Crippen molar-refractivity contribution in [3.63, 3.8) is 0 Å². The smallest absolute Gasteiger partial charge is 0.303 e. The van der Waals surface area contributed by atoms with Crippen LogP contribution in [0.1, 0.15) is 56.1 Å². The van der Waals surface area contributed by atoms with E-state index in [1.165, 1.54) is 32.6 Å². The zero-order valence-electron chi connectivity index (χ0n) is 22.9. The number of thioether (sulfide) groups is 1. The zero-order chi connectivity index (χ0) is 28.7. The number of aryl methyl sites for hydroxylation is 1. The van der Waals surface area contributed by atoms with Gasteiger partial charge in [-0.3, -0.25) is 19.2 Å². The van der Waals surface area contributed by atoms with Crippen LogP contribution in [0.4, 0.5) is 0 Å². The Morgan fingerprint density at radius 2 is 1.38 bits per heavy atom. The van der Waals surface area contributed by atoms with Gasteiger partial charge in [-0.25, -0.2) is 0 Å². The fourth-order valence-corrected chi connectivity index (χ4v) is 4.93. The number of carbonyl (C=O) groups excluding carboxylic acids is 4. The van der Waals surface area contributed by atoms with Crippen LogP contribution in [0.25, 0.3) is 0 Å². The van der Waals surface area contributed by atoms with Crippen LogP contribution in [-0.4, -0.2) is 61.2 Å². The second-order valence-corrected chi connectivity index (χ2v) is 10.2. The molecule has 39 heavy (non-hydrogen) atoms. The van der Waals surface area contributed by atoms with E-state index in [0.717, 1.165) is 16.7 Å². The number of ether oxygens (including phenoxy) is 5. The van der Waals surface area contributed by atoms with Crippen molar-refractivity contribution in [3.8, 4) is 0 Å². The summed E-state index contributed by atoms with van der Waals surface area (Å²) in [5.74, 6) is -2.53. The normalized spacial score (nSPS) is 22.5. The van der Waals surface area contributed by atoms with Gasteiger partial charge in [0.05, 0.1) is 0 Å². The van der Waals surface area contributed by atoms with Gasteiger partial charge < -0.3 is 23.7 Å². The molecule has 2 aromatic rings. The van der Waals surface area contributed by atoms with Gasteiger partial charge in [0, 0.05) is 32.6 Å². The van der Waals surface area contributed by atoms with Gasteiger partial charge in [0.1, 0.15) is 18.8 Å². The molecule has 5 atom stereocenters. The molecule has 3 rings (SSSR count). The summed E-state index contributed by atoms with van der Waals surface area (Å²) < 4.78 is 28.1. The van der Waals surface area contributed by atoms with Gasteiger partial charge in [-0.1, -0.05) is 30.3 Å². The summed E-state index contributed by atoms with van der Waals surface area (Å²) in [6.07, 6.45) is -2.77. The van der Waals surface area contributed by atoms with Crippen molar-refractivity contribution in [1.82, 2.24) is 0 Å². The lowest BCUT2D eigenvalue weighted by Crippen LogP contribution is -2.59. The van der Waals surface area contributed by atoms with E-state index in [1.807, 2.05) is 31.4 Å². The lowest BCUT2D eigenvalue weighted by molar-refractivity contribution is -0.254. The first kappa shape index (κ1) is 30.2. The average molecular weight is 559 g/mol. The van der Waals surface area contributed by atoms with Crippen LogP contribution in [0.15, 0.2) is 47.4 Å². The Labute approximate surface area is 232 Å². The van der Waals surface area contributed by atoms with E-state index in [-0.39, 0.29) is 6.61 Å². The molecule has 1 unspecified atom stereocenters. The molecule has 0 radical (unpaired) electrons. The highest BCUT2D eigenvalue weighted by Crippen LogP contribution is 2.38. The highest BCUT2D eigenvalue weighted by Gasteiger charge is 2.52. The fraction of sp³-hybridized carbons (Fsp3) is 0.448. The van der Waals surface area contributed by atoms with Crippen molar-refractivity contribution in [3.05, 3.63) is 64.7 Å². The summed E-state index contributed by atoms with van der Waals surface area (Å²) in [6.45, 7) is 6.60. The third-order valence-corrected chi connectivity index (χ3v) is 6.99. The molecule has 0 aliphatic carbocycles. The highest BCUT2D eigenvalue weighted by atomic mass is 32.2. The molecular formula is C29H34O9S. The molecule has 1 heterocycles. The first-order valence-corrected chi connectivity index (χ1v) is 13.7. The quantitative estimate of drug-likeness (QED) is 0.253. The highest BCUT2D eigenvalue weighted by molar-refractivity contribution is 7.98. The van der Waals surface area contributed by atoms with E-state index in [4.69, 9.17) is 23.7 Å². The molecule has 0 aromatic heterocycles. The summed E-state index contributed by atoms with van der Waals surface area (Å²) in [5.41, 5.74) is 3.86. The molecule has 1 saturated heterocycles. The van der Waals surface area contributed by atoms with Gasteiger partial charge in [-0.2, -0.15) is 0 Å². The second kappa shape index (κ2) is 13.6. The summed E-state index contributed by atoms with van der Waals surface area (Å²) in [4.78, 5) is 49.0. The molecular weight excluding hydrogens is 524 g/mol. The van der Waals surface area contributed by atoms with Crippen molar-refractivity contribution in [2.75, 3.05) is 12.9 Å². The molecule has 0 amide bonds. The molecule has 210 valence electrons.